The monoisotopic (exact) mass is 491 g/mol. The summed E-state index contributed by atoms with van der Waals surface area (Å²) in [4.78, 5) is 12.4. The minimum absolute atomic E-state index is 0.0627. The number of benzene rings is 2. The topological polar surface area (TPSA) is 83.9 Å². The number of hydrogen-bond acceptors (Lipinski definition) is 5. The Bertz CT molecular complexity index is 1050. The molecule has 0 radical (unpaired) electrons. The van der Waals surface area contributed by atoms with Gasteiger partial charge in [0.1, 0.15) is 5.75 Å². The Morgan fingerprint density at radius 2 is 1.91 bits per heavy atom. The van der Waals surface area contributed by atoms with Gasteiger partial charge >= 0.3 is 5.97 Å². The molecule has 0 aliphatic carbocycles. The van der Waals surface area contributed by atoms with Crippen LogP contribution in [0.4, 0.5) is 0 Å². The van der Waals surface area contributed by atoms with Crippen LogP contribution in [0.25, 0.3) is 0 Å². The summed E-state index contributed by atoms with van der Waals surface area (Å²) < 4.78 is 34.2. The van der Waals surface area contributed by atoms with E-state index in [4.69, 9.17) is 4.74 Å². The van der Waals surface area contributed by atoms with Gasteiger partial charge in [-0.2, -0.15) is 16.1 Å². The molecule has 180 valence electrons. The average molecular weight is 492 g/mol. The first-order valence-corrected chi connectivity index (χ1v) is 13.7. The molecule has 0 unspecified atom stereocenters. The van der Waals surface area contributed by atoms with Gasteiger partial charge in [0.15, 0.2) is 0 Å². The number of ether oxygens (including phenoxy) is 1. The van der Waals surface area contributed by atoms with Crippen molar-refractivity contribution in [2.24, 2.45) is 11.8 Å². The molecule has 0 saturated carbocycles. The summed E-state index contributed by atoms with van der Waals surface area (Å²) in [6.07, 6.45) is 1.42. The Hall–Kier alpha value is -2.03. The predicted molar refractivity (Wildman–Crippen MR) is 132 cm³/mol. The Morgan fingerprint density at radius 3 is 2.52 bits per heavy atom. The van der Waals surface area contributed by atoms with E-state index in [-0.39, 0.29) is 16.7 Å². The molecular weight excluding hydrogens is 458 g/mol. The van der Waals surface area contributed by atoms with E-state index in [1.165, 1.54) is 4.31 Å². The first-order valence-electron chi connectivity index (χ1n) is 11.2. The minimum atomic E-state index is -3.90. The SMILES string of the molecule is COc1cccc([C@@H]2C[C@@H](SCCC(C)C)[C@H](C(=O)O)CN2S(=O)(=O)c2ccc(C)cc2)c1. The minimum Gasteiger partial charge on any atom is -0.497 e. The molecule has 1 saturated heterocycles. The molecule has 1 N–H and O–H groups in total. The Kier molecular flexibility index (Phi) is 8.48. The van der Waals surface area contributed by atoms with Crippen molar-refractivity contribution in [3.63, 3.8) is 0 Å². The molecule has 1 fully saturated rings. The van der Waals surface area contributed by atoms with Crippen molar-refractivity contribution in [2.45, 2.75) is 49.8 Å². The zero-order valence-corrected chi connectivity index (χ0v) is 21.2. The van der Waals surface area contributed by atoms with Crippen LogP contribution in [0.15, 0.2) is 53.4 Å². The third-order valence-electron chi connectivity index (χ3n) is 6.08. The van der Waals surface area contributed by atoms with Crippen molar-refractivity contribution in [2.75, 3.05) is 19.4 Å². The van der Waals surface area contributed by atoms with Crippen LogP contribution in [0.3, 0.4) is 0 Å². The predicted octanol–water partition coefficient (Wildman–Crippen LogP) is 4.99. The Labute approximate surface area is 201 Å². The van der Waals surface area contributed by atoms with Crippen LogP contribution in [0.1, 0.15) is 43.9 Å². The Balaban J connectivity index is 2.02. The van der Waals surface area contributed by atoms with Crippen molar-refractivity contribution in [3.8, 4) is 5.75 Å². The van der Waals surface area contributed by atoms with Gasteiger partial charge in [-0.05, 0) is 61.3 Å². The van der Waals surface area contributed by atoms with Crippen LogP contribution >= 0.6 is 11.8 Å². The highest BCUT2D eigenvalue weighted by Gasteiger charge is 2.45. The highest BCUT2D eigenvalue weighted by atomic mass is 32.2. The van der Waals surface area contributed by atoms with Crippen LogP contribution in [0.2, 0.25) is 0 Å². The third-order valence-corrected chi connectivity index (χ3v) is 9.39. The van der Waals surface area contributed by atoms with Gasteiger partial charge < -0.3 is 9.84 Å². The van der Waals surface area contributed by atoms with E-state index in [9.17, 15) is 18.3 Å². The first-order chi connectivity index (χ1) is 15.6. The van der Waals surface area contributed by atoms with Crippen LogP contribution in [-0.4, -0.2) is 48.5 Å². The molecule has 3 atom stereocenters. The fraction of sp³-hybridized carbons (Fsp3) is 0.480. The number of carbonyl (C=O) groups is 1. The maximum atomic E-state index is 13.7. The van der Waals surface area contributed by atoms with Crippen molar-refractivity contribution >= 4 is 27.8 Å². The fourth-order valence-corrected chi connectivity index (χ4v) is 7.39. The lowest BCUT2D eigenvalue weighted by atomic mass is 9.90. The maximum Gasteiger partial charge on any atom is 0.308 e. The summed E-state index contributed by atoms with van der Waals surface area (Å²) in [6.45, 7) is 6.12. The summed E-state index contributed by atoms with van der Waals surface area (Å²) >= 11 is 1.65. The van der Waals surface area contributed by atoms with Gasteiger partial charge in [-0.3, -0.25) is 4.79 Å². The van der Waals surface area contributed by atoms with Gasteiger partial charge in [0.25, 0.3) is 0 Å². The van der Waals surface area contributed by atoms with Crippen molar-refractivity contribution in [1.82, 2.24) is 4.31 Å². The number of aliphatic carboxylic acids is 1. The molecule has 0 amide bonds. The molecule has 0 bridgehead atoms. The number of piperidine rings is 1. The largest absolute Gasteiger partial charge is 0.497 e. The van der Waals surface area contributed by atoms with Crippen LogP contribution < -0.4 is 4.74 Å². The molecule has 8 heteroatoms. The van der Waals surface area contributed by atoms with E-state index < -0.39 is 28.0 Å². The summed E-state index contributed by atoms with van der Waals surface area (Å²) in [5.74, 6) is 0.290. The lowest BCUT2D eigenvalue weighted by Crippen LogP contribution is -2.49. The number of carboxylic acids is 1. The highest BCUT2D eigenvalue weighted by molar-refractivity contribution is 7.99. The summed E-state index contributed by atoms with van der Waals surface area (Å²) in [7, 11) is -2.32. The molecule has 0 aromatic heterocycles. The molecule has 1 aliphatic rings. The molecule has 1 aliphatic heterocycles. The van der Waals surface area contributed by atoms with E-state index in [2.05, 4.69) is 13.8 Å². The number of sulfonamides is 1. The van der Waals surface area contributed by atoms with Crippen molar-refractivity contribution < 1.29 is 23.1 Å². The second-order valence-electron chi connectivity index (χ2n) is 8.95. The molecule has 2 aromatic rings. The first kappa shape index (κ1) is 25.6. The normalized spacial score (nSPS) is 21.8. The van der Waals surface area contributed by atoms with E-state index in [1.54, 1.807) is 43.1 Å². The smallest absolute Gasteiger partial charge is 0.308 e. The van der Waals surface area contributed by atoms with Gasteiger partial charge in [0.2, 0.25) is 10.0 Å². The highest BCUT2D eigenvalue weighted by Crippen LogP contribution is 2.43. The third kappa shape index (κ3) is 6.11. The van der Waals surface area contributed by atoms with Crippen LogP contribution in [0, 0.1) is 18.8 Å². The van der Waals surface area contributed by atoms with Gasteiger partial charge in [0, 0.05) is 11.8 Å². The summed E-state index contributed by atoms with van der Waals surface area (Å²) in [6, 6.07) is 13.6. The molecule has 6 nitrogen and oxygen atoms in total. The number of thioether (sulfide) groups is 1. The second kappa shape index (κ2) is 10.9. The average Bonchev–Trinajstić information content (AvgIpc) is 2.78. The number of hydrogen-bond donors (Lipinski definition) is 1. The fourth-order valence-electron chi connectivity index (χ4n) is 4.08. The Morgan fingerprint density at radius 1 is 1.21 bits per heavy atom. The number of carboxylic acid groups (broad SMARTS) is 1. The second-order valence-corrected chi connectivity index (χ2v) is 12.2. The number of aryl methyl sites for hydroxylation is 1. The van der Waals surface area contributed by atoms with Crippen LogP contribution in [-0.2, 0) is 14.8 Å². The van der Waals surface area contributed by atoms with E-state index in [0.717, 1.165) is 23.3 Å². The zero-order valence-electron chi connectivity index (χ0n) is 19.6. The molecule has 3 rings (SSSR count). The van der Waals surface area contributed by atoms with Crippen molar-refractivity contribution in [1.29, 1.82) is 0 Å². The van der Waals surface area contributed by atoms with E-state index >= 15 is 0 Å². The van der Waals surface area contributed by atoms with Gasteiger partial charge in [-0.25, -0.2) is 8.42 Å². The standard InChI is InChI=1S/C25H33NO5S2/c1-17(2)12-13-32-24-15-23(19-6-5-7-20(14-19)31-4)26(16-22(24)25(27)28)33(29,30)21-10-8-18(3)9-11-21/h5-11,14,17,22-24H,12-13,15-16H2,1-4H3,(H,27,28)/t22-,23+,24-/m1/s1. The number of methoxy groups -OCH3 is 1. The number of nitrogens with zero attached hydrogens (tertiary/aromatic N) is 1. The van der Waals surface area contributed by atoms with Crippen molar-refractivity contribution in [3.05, 3.63) is 59.7 Å². The van der Waals surface area contributed by atoms with E-state index in [0.29, 0.717) is 18.1 Å². The van der Waals surface area contributed by atoms with Gasteiger partial charge in [-0.1, -0.05) is 43.7 Å². The summed E-state index contributed by atoms with van der Waals surface area (Å²) in [5.41, 5.74) is 1.77. The molecule has 2 aromatic carbocycles. The molecule has 33 heavy (non-hydrogen) atoms. The van der Waals surface area contributed by atoms with E-state index in [1.807, 2.05) is 31.2 Å². The number of rotatable bonds is 9. The zero-order chi connectivity index (χ0) is 24.2. The quantitative estimate of drug-likeness (QED) is 0.532. The lowest BCUT2D eigenvalue weighted by molar-refractivity contribution is -0.143. The van der Waals surface area contributed by atoms with Gasteiger partial charge in [0.05, 0.1) is 24.0 Å². The lowest BCUT2D eigenvalue weighted by Gasteiger charge is -2.42. The molecule has 1 heterocycles. The molecule has 0 spiro atoms. The molecular formula is C25H33NO5S2. The maximum absolute atomic E-state index is 13.7. The van der Waals surface area contributed by atoms with Crippen LogP contribution in [0.5, 0.6) is 5.75 Å². The summed E-state index contributed by atoms with van der Waals surface area (Å²) in [5, 5.41) is 9.81. The van der Waals surface area contributed by atoms with Gasteiger partial charge in [-0.15, -0.1) is 0 Å².